The highest BCUT2D eigenvalue weighted by molar-refractivity contribution is 7.84. The van der Waals surface area contributed by atoms with Crippen LogP contribution in [-0.4, -0.2) is 45.3 Å². The minimum absolute atomic E-state index is 0.239. The second kappa shape index (κ2) is 10.6. The van der Waals surface area contributed by atoms with Crippen molar-refractivity contribution in [2.75, 3.05) is 26.5 Å². The minimum Gasteiger partial charge on any atom is -0.401 e. The molecule has 1 aliphatic heterocycles. The first-order chi connectivity index (χ1) is 18.6. The van der Waals surface area contributed by atoms with E-state index in [4.69, 9.17) is 21.3 Å². The maximum Gasteiger partial charge on any atom is 0.134 e. The number of halogens is 3. The molecule has 7 nitrogen and oxygen atoms in total. The quantitative estimate of drug-likeness (QED) is 0.261. The van der Waals surface area contributed by atoms with E-state index < -0.39 is 34.3 Å². The zero-order valence-electron chi connectivity index (χ0n) is 21.9. The number of hydrazine groups is 1. The third-order valence-electron chi connectivity index (χ3n) is 7.27. The Balaban J connectivity index is 1.94. The molecular weight excluding hydrogens is 527 g/mol. The molecule has 0 saturated carbocycles. The summed E-state index contributed by atoms with van der Waals surface area (Å²) >= 11 is 0. The predicted molar refractivity (Wildman–Crippen MR) is 146 cm³/mol. The molecular formula is C28H30F3N5O2S. The van der Waals surface area contributed by atoms with Crippen LogP contribution in [0.3, 0.4) is 0 Å². The molecule has 0 spiro atoms. The molecule has 5 rings (SSSR count). The molecule has 206 valence electrons. The molecule has 1 fully saturated rings. The van der Waals surface area contributed by atoms with Crippen LogP contribution < -0.4 is 11.6 Å². The predicted octanol–water partition coefficient (Wildman–Crippen LogP) is 4.81. The molecule has 2 unspecified atom stereocenters. The van der Waals surface area contributed by atoms with Crippen LogP contribution in [0.25, 0.3) is 27.6 Å². The maximum atomic E-state index is 15.5. The molecule has 2 aromatic heterocycles. The van der Waals surface area contributed by atoms with Crippen molar-refractivity contribution < 1.29 is 22.1 Å². The molecule has 4 N–H and O–H groups in total. The Labute approximate surface area is 226 Å². The van der Waals surface area contributed by atoms with E-state index in [2.05, 4.69) is 0 Å². The van der Waals surface area contributed by atoms with Gasteiger partial charge in [-0.3, -0.25) is 9.19 Å². The summed E-state index contributed by atoms with van der Waals surface area (Å²) in [5.74, 6) is 2.90. The van der Waals surface area contributed by atoms with E-state index in [1.54, 1.807) is 38.6 Å². The van der Waals surface area contributed by atoms with Crippen molar-refractivity contribution in [1.82, 2.24) is 14.6 Å². The van der Waals surface area contributed by atoms with E-state index in [1.807, 2.05) is 16.7 Å². The van der Waals surface area contributed by atoms with E-state index in [9.17, 15) is 8.60 Å². The third-order valence-corrected chi connectivity index (χ3v) is 8.23. The maximum absolute atomic E-state index is 15.5. The molecule has 3 heterocycles. The second-order valence-corrected chi connectivity index (χ2v) is 11.2. The number of hydrogen-bond donors (Lipinski definition) is 2. The van der Waals surface area contributed by atoms with Crippen molar-refractivity contribution in [2.45, 2.75) is 30.7 Å². The van der Waals surface area contributed by atoms with E-state index >= 15 is 8.78 Å². The van der Waals surface area contributed by atoms with E-state index in [1.165, 1.54) is 5.01 Å². The SMILES string of the molecule is C/C(N)=C(\c1cnc2c3c(S(C)=O)cccc3n(C(c3c(F)cc(F)cc3F)C3CCOCC3)c2c1)N(C)N. The first-order valence-corrected chi connectivity index (χ1v) is 14.1. The van der Waals surface area contributed by atoms with E-state index in [0.29, 0.717) is 82.0 Å². The van der Waals surface area contributed by atoms with Gasteiger partial charge in [-0.2, -0.15) is 0 Å². The van der Waals surface area contributed by atoms with Crippen LogP contribution in [0.2, 0.25) is 0 Å². The van der Waals surface area contributed by atoms with Crippen molar-refractivity contribution >= 4 is 38.4 Å². The molecule has 2 atom stereocenters. The number of nitrogens with two attached hydrogens (primary N) is 2. The van der Waals surface area contributed by atoms with Gasteiger partial charge < -0.3 is 20.0 Å². The number of nitrogens with zero attached hydrogens (tertiary/aromatic N) is 3. The zero-order valence-corrected chi connectivity index (χ0v) is 22.7. The zero-order chi connectivity index (χ0) is 28.0. The van der Waals surface area contributed by atoms with Gasteiger partial charge in [0.15, 0.2) is 0 Å². The average Bonchev–Trinajstić information content (AvgIpc) is 3.19. The highest BCUT2D eigenvalue weighted by atomic mass is 32.2. The van der Waals surface area contributed by atoms with Gasteiger partial charge in [0, 0.05) is 67.1 Å². The Morgan fingerprint density at radius 2 is 1.82 bits per heavy atom. The van der Waals surface area contributed by atoms with Crippen LogP contribution in [0, 0.1) is 23.4 Å². The lowest BCUT2D eigenvalue weighted by Crippen LogP contribution is -2.28. The van der Waals surface area contributed by atoms with Gasteiger partial charge in [-0.1, -0.05) is 6.07 Å². The number of hydrogen-bond acceptors (Lipinski definition) is 6. The van der Waals surface area contributed by atoms with Crippen LogP contribution in [0.1, 0.15) is 36.9 Å². The summed E-state index contributed by atoms with van der Waals surface area (Å²) in [4.78, 5) is 5.28. The average molecular weight is 558 g/mol. The van der Waals surface area contributed by atoms with Crippen LogP contribution in [0.15, 0.2) is 53.2 Å². The molecule has 0 bridgehead atoms. The van der Waals surface area contributed by atoms with Crippen LogP contribution in [-0.2, 0) is 15.5 Å². The monoisotopic (exact) mass is 557 g/mol. The minimum atomic E-state index is -1.38. The third kappa shape index (κ3) is 4.79. The normalized spacial score (nSPS) is 16.9. The lowest BCUT2D eigenvalue weighted by Gasteiger charge is -2.33. The molecule has 11 heteroatoms. The molecule has 0 radical (unpaired) electrons. The summed E-state index contributed by atoms with van der Waals surface area (Å²) in [5, 5.41) is 2.00. The number of rotatable bonds is 6. The van der Waals surface area contributed by atoms with Gasteiger partial charge in [0.25, 0.3) is 0 Å². The topological polar surface area (TPSA) is 99.4 Å². The van der Waals surface area contributed by atoms with Gasteiger partial charge in [0.1, 0.15) is 17.5 Å². The van der Waals surface area contributed by atoms with E-state index in [0.717, 1.165) is 0 Å². The molecule has 1 aliphatic rings. The number of ether oxygens (including phenoxy) is 1. The van der Waals surface area contributed by atoms with Gasteiger partial charge >= 0.3 is 0 Å². The van der Waals surface area contributed by atoms with Crippen molar-refractivity contribution in [1.29, 1.82) is 0 Å². The molecule has 4 aromatic rings. The van der Waals surface area contributed by atoms with Crippen molar-refractivity contribution in [3.63, 3.8) is 0 Å². The fourth-order valence-corrected chi connectivity index (χ4v) is 6.50. The summed E-state index contributed by atoms with van der Waals surface area (Å²) in [6.45, 7) is 2.56. The molecule has 0 amide bonds. The number of pyridine rings is 1. The largest absolute Gasteiger partial charge is 0.401 e. The van der Waals surface area contributed by atoms with Gasteiger partial charge in [0.05, 0.1) is 44.0 Å². The van der Waals surface area contributed by atoms with Crippen LogP contribution in [0.5, 0.6) is 0 Å². The summed E-state index contributed by atoms with van der Waals surface area (Å²) in [7, 11) is 0.273. The summed E-state index contributed by atoms with van der Waals surface area (Å²) in [5.41, 5.74) is 9.18. The number of benzene rings is 2. The summed E-state index contributed by atoms with van der Waals surface area (Å²) in [6, 6.07) is 7.70. The molecule has 0 aliphatic carbocycles. The molecule has 1 saturated heterocycles. The van der Waals surface area contributed by atoms with Gasteiger partial charge in [-0.05, 0) is 43.9 Å². The lowest BCUT2D eigenvalue weighted by atomic mass is 9.86. The molecule has 2 aromatic carbocycles. The second-order valence-electron chi connectivity index (χ2n) is 9.89. The van der Waals surface area contributed by atoms with Gasteiger partial charge in [0.2, 0.25) is 0 Å². The van der Waals surface area contributed by atoms with Crippen molar-refractivity contribution in [2.24, 2.45) is 17.5 Å². The van der Waals surface area contributed by atoms with Crippen LogP contribution >= 0.6 is 0 Å². The van der Waals surface area contributed by atoms with E-state index in [-0.39, 0.29) is 11.5 Å². The Bertz CT molecular complexity index is 1600. The Kier molecular flexibility index (Phi) is 7.41. The lowest BCUT2D eigenvalue weighted by molar-refractivity contribution is 0.0543. The number of fused-ring (bicyclic) bond motifs is 3. The van der Waals surface area contributed by atoms with Gasteiger partial charge in [-0.25, -0.2) is 19.0 Å². The Hall–Kier alpha value is -3.41. The Morgan fingerprint density at radius 3 is 2.41 bits per heavy atom. The first kappa shape index (κ1) is 27.2. The van der Waals surface area contributed by atoms with Crippen molar-refractivity contribution in [3.05, 3.63) is 76.9 Å². The first-order valence-electron chi connectivity index (χ1n) is 12.5. The van der Waals surface area contributed by atoms with Crippen LogP contribution in [0.4, 0.5) is 13.2 Å². The number of aromatic nitrogens is 2. The summed E-state index contributed by atoms with van der Waals surface area (Å²) in [6.07, 6.45) is 4.27. The highest BCUT2D eigenvalue weighted by Gasteiger charge is 2.35. The van der Waals surface area contributed by atoms with Crippen molar-refractivity contribution in [3.8, 4) is 0 Å². The molecule has 39 heavy (non-hydrogen) atoms. The van der Waals surface area contributed by atoms with Gasteiger partial charge in [-0.15, -0.1) is 0 Å². The standard InChI is InChI=1S/C28H30F3N5O2S/c1-15(32)27(35(2)33)17-11-22-26(34-14-17)25-21(5-4-6-23(25)39(3)37)36(22)28(16-7-9-38-10-8-16)24-19(30)12-18(29)13-20(24)31/h4-6,11-14,16,28H,7-10,32-33H2,1-3H3/b27-15-. The fourth-order valence-electron chi connectivity index (χ4n) is 5.74. The smallest absolute Gasteiger partial charge is 0.134 e. The number of allylic oxidation sites excluding steroid dienone is 1. The summed E-state index contributed by atoms with van der Waals surface area (Å²) < 4.78 is 65.2. The fraction of sp³-hybridized carbons (Fsp3) is 0.321. The highest BCUT2D eigenvalue weighted by Crippen LogP contribution is 2.43. The Morgan fingerprint density at radius 1 is 1.15 bits per heavy atom.